The van der Waals surface area contributed by atoms with Crippen molar-refractivity contribution in [2.45, 2.75) is 19.9 Å². The van der Waals surface area contributed by atoms with E-state index in [4.69, 9.17) is 0 Å². The zero-order valence-electron chi connectivity index (χ0n) is 9.60. The lowest BCUT2D eigenvalue weighted by Gasteiger charge is -2.33. The first kappa shape index (κ1) is 15.7. The van der Waals surface area contributed by atoms with E-state index in [9.17, 15) is 13.2 Å². The molecule has 1 saturated heterocycles. The summed E-state index contributed by atoms with van der Waals surface area (Å²) >= 11 is 0. The predicted octanol–water partition coefficient (Wildman–Crippen LogP) is -0.337. The number of halogens is 1. The molecule has 0 aromatic carbocycles. The number of nitrogens with one attached hydrogen (secondary N) is 1. The van der Waals surface area contributed by atoms with Crippen molar-refractivity contribution in [3.05, 3.63) is 0 Å². The molecular weight excluding hydrogens is 252 g/mol. The van der Waals surface area contributed by atoms with Gasteiger partial charge in [0.2, 0.25) is 5.91 Å². The number of carbonyl (C=O) groups is 1. The number of sulfone groups is 1. The van der Waals surface area contributed by atoms with Gasteiger partial charge in [-0.25, -0.2) is 8.42 Å². The maximum atomic E-state index is 11.7. The molecule has 5 nitrogen and oxygen atoms in total. The lowest BCUT2D eigenvalue weighted by Crippen LogP contribution is -2.53. The van der Waals surface area contributed by atoms with Gasteiger partial charge in [-0.1, -0.05) is 6.92 Å². The molecule has 0 radical (unpaired) electrons. The van der Waals surface area contributed by atoms with Gasteiger partial charge in [0.05, 0.1) is 0 Å². The van der Waals surface area contributed by atoms with Crippen LogP contribution in [0.4, 0.5) is 0 Å². The fraction of sp³-hybridized carbons (Fsp3) is 0.889. The Bertz CT molecular complexity index is 332. The van der Waals surface area contributed by atoms with Gasteiger partial charge in [0.1, 0.15) is 5.75 Å². The van der Waals surface area contributed by atoms with Gasteiger partial charge in [-0.15, -0.1) is 12.4 Å². The third-order valence-electron chi connectivity index (χ3n) is 2.60. The van der Waals surface area contributed by atoms with Gasteiger partial charge in [-0.3, -0.25) is 4.79 Å². The average Bonchev–Trinajstić information content (AvgIpc) is 2.17. The minimum Gasteiger partial charge on any atom is -0.337 e. The third kappa shape index (κ3) is 4.27. The minimum absolute atomic E-state index is 0. The zero-order chi connectivity index (χ0) is 11.5. The van der Waals surface area contributed by atoms with Gasteiger partial charge >= 0.3 is 0 Å². The maximum absolute atomic E-state index is 11.7. The standard InChI is InChI=1S/C9H18N2O3S.ClH/c1-3-15(13,14)7-9(12)11-5-4-10-6-8(11)2;/h8,10H,3-7H2,1-2H3;1H/t8-;/m1./s1. The lowest BCUT2D eigenvalue weighted by atomic mass is 10.2. The summed E-state index contributed by atoms with van der Waals surface area (Å²) < 4.78 is 22.6. The van der Waals surface area contributed by atoms with Gasteiger partial charge < -0.3 is 10.2 Å². The SMILES string of the molecule is CCS(=O)(=O)CC(=O)N1CCNC[C@H]1C.Cl. The highest BCUT2D eigenvalue weighted by Crippen LogP contribution is 2.04. The lowest BCUT2D eigenvalue weighted by molar-refractivity contribution is -0.131. The summed E-state index contributed by atoms with van der Waals surface area (Å²) in [6, 6.07) is 0.0818. The van der Waals surface area contributed by atoms with E-state index in [-0.39, 0.29) is 35.9 Å². The highest BCUT2D eigenvalue weighted by atomic mass is 35.5. The van der Waals surface area contributed by atoms with Crippen molar-refractivity contribution >= 4 is 28.2 Å². The molecule has 1 fully saturated rings. The van der Waals surface area contributed by atoms with Crippen LogP contribution in [0.3, 0.4) is 0 Å². The van der Waals surface area contributed by atoms with Gasteiger partial charge in [-0.05, 0) is 6.92 Å². The molecule has 1 atom stereocenters. The van der Waals surface area contributed by atoms with Crippen LogP contribution >= 0.6 is 12.4 Å². The van der Waals surface area contributed by atoms with Crippen molar-refractivity contribution in [2.24, 2.45) is 0 Å². The summed E-state index contributed by atoms with van der Waals surface area (Å²) in [5.41, 5.74) is 0. The topological polar surface area (TPSA) is 66.5 Å². The smallest absolute Gasteiger partial charge is 0.238 e. The Morgan fingerprint density at radius 2 is 2.12 bits per heavy atom. The Morgan fingerprint density at radius 1 is 1.50 bits per heavy atom. The summed E-state index contributed by atoms with van der Waals surface area (Å²) in [5.74, 6) is -0.599. The molecule has 1 aliphatic heterocycles. The van der Waals surface area contributed by atoms with Crippen LogP contribution < -0.4 is 5.32 Å². The molecule has 0 unspecified atom stereocenters. The van der Waals surface area contributed by atoms with Crippen molar-refractivity contribution < 1.29 is 13.2 Å². The second-order valence-electron chi connectivity index (χ2n) is 3.82. The first-order valence-electron chi connectivity index (χ1n) is 5.17. The van der Waals surface area contributed by atoms with Crippen molar-refractivity contribution in [3.63, 3.8) is 0 Å². The van der Waals surface area contributed by atoms with E-state index in [1.165, 1.54) is 0 Å². The van der Waals surface area contributed by atoms with Crippen LogP contribution in [0.15, 0.2) is 0 Å². The van der Waals surface area contributed by atoms with Gasteiger partial charge in [0, 0.05) is 31.4 Å². The van der Waals surface area contributed by atoms with E-state index in [1.807, 2.05) is 6.92 Å². The van der Waals surface area contributed by atoms with E-state index in [2.05, 4.69) is 5.32 Å². The monoisotopic (exact) mass is 270 g/mol. The molecule has 96 valence electrons. The van der Waals surface area contributed by atoms with E-state index < -0.39 is 9.84 Å². The number of piperazine rings is 1. The molecule has 0 spiro atoms. The van der Waals surface area contributed by atoms with Gasteiger partial charge in [0.15, 0.2) is 9.84 Å². The predicted molar refractivity (Wildman–Crippen MR) is 65.6 cm³/mol. The highest BCUT2D eigenvalue weighted by Gasteiger charge is 2.26. The number of nitrogens with zero attached hydrogens (tertiary/aromatic N) is 1. The summed E-state index contributed by atoms with van der Waals surface area (Å²) in [4.78, 5) is 13.3. The molecule has 7 heteroatoms. The fourth-order valence-corrected chi connectivity index (χ4v) is 2.33. The molecular formula is C9H19ClN2O3S. The Labute approximate surface area is 103 Å². The third-order valence-corrected chi connectivity index (χ3v) is 4.17. The maximum Gasteiger partial charge on any atom is 0.238 e. The summed E-state index contributed by atoms with van der Waals surface area (Å²) in [6.07, 6.45) is 0. The number of hydrogen-bond acceptors (Lipinski definition) is 4. The van der Waals surface area contributed by atoms with E-state index >= 15 is 0 Å². The molecule has 16 heavy (non-hydrogen) atoms. The molecule has 0 aliphatic carbocycles. The molecule has 1 amide bonds. The largest absolute Gasteiger partial charge is 0.337 e. The summed E-state index contributed by atoms with van der Waals surface area (Å²) in [6.45, 7) is 5.55. The second-order valence-corrected chi connectivity index (χ2v) is 6.17. The molecule has 1 rings (SSSR count). The molecule has 0 bridgehead atoms. The molecule has 1 heterocycles. The minimum atomic E-state index is -3.20. The Hall–Kier alpha value is -0.330. The number of amides is 1. The fourth-order valence-electron chi connectivity index (χ4n) is 1.58. The van der Waals surface area contributed by atoms with Crippen LogP contribution in [0, 0.1) is 0 Å². The van der Waals surface area contributed by atoms with Crippen LogP contribution in [0.2, 0.25) is 0 Å². The second kappa shape index (κ2) is 6.42. The van der Waals surface area contributed by atoms with Crippen molar-refractivity contribution in [1.29, 1.82) is 0 Å². The van der Waals surface area contributed by atoms with Crippen LogP contribution in [-0.2, 0) is 14.6 Å². The molecule has 0 saturated carbocycles. The van der Waals surface area contributed by atoms with Crippen LogP contribution in [0.1, 0.15) is 13.8 Å². The van der Waals surface area contributed by atoms with Crippen molar-refractivity contribution in [2.75, 3.05) is 31.1 Å². The van der Waals surface area contributed by atoms with Crippen molar-refractivity contribution in [1.82, 2.24) is 10.2 Å². The van der Waals surface area contributed by atoms with Gasteiger partial charge in [0.25, 0.3) is 0 Å². The molecule has 0 aromatic rings. The number of rotatable bonds is 3. The van der Waals surface area contributed by atoms with Gasteiger partial charge in [-0.2, -0.15) is 0 Å². The summed E-state index contributed by atoms with van der Waals surface area (Å²) in [5, 5.41) is 3.15. The van der Waals surface area contributed by atoms with E-state index in [1.54, 1.807) is 11.8 Å². The first-order valence-corrected chi connectivity index (χ1v) is 6.99. The van der Waals surface area contributed by atoms with Crippen molar-refractivity contribution in [3.8, 4) is 0 Å². The van der Waals surface area contributed by atoms with Crippen LogP contribution in [0.5, 0.6) is 0 Å². The van der Waals surface area contributed by atoms with Crippen LogP contribution in [0.25, 0.3) is 0 Å². The Balaban J connectivity index is 0.00000225. The average molecular weight is 271 g/mol. The Kier molecular flexibility index (Phi) is 6.28. The number of hydrogen-bond donors (Lipinski definition) is 1. The first-order chi connectivity index (χ1) is 6.96. The zero-order valence-corrected chi connectivity index (χ0v) is 11.2. The van der Waals surface area contributed by atoms with E-state index in [0.29, 0.717) is 6.54 Å². The number of carbonyl (C=O) groups excluding carboxylic acids is 1. The Morgan fingerprint density at radius 3 is 2.62 bits per heavy atom. The van der Waals surface area contributed by atoms with E-state index in [0.717, 1.165) is 13.1 Å². The summed E-state index contributed by atoms with van der Waals surface area (Å²) in [7, 11) is -3.20. The highest BCUT2D eigenvalue weighted by molar-refractivity contribution is 7.92. The molecule has 1 aliphatic rings. The quantitative estimate of drug-likeness (QED) is 0.762. The normalized spacial score (nSPS) is 21.4. The van der Waals surface area contributed by atoms with Crippen LogP contribution in [-0.4, -0.2) is 56.4 Å². The molecule has 0 aromatic heterocycles. The molecule has 1 N–H and O–H groups in total.